The Morgan fingerprint density at radius 1 is 0.536 bits per heavy atom. The largest absolute Gasteiger partial charge is 0.379 e. The van der Waals surface area contributed by atoms with Crippen molar-refractivity contribution >= 4 is 0 Å². The minimum atomic E-state index is -0.897. The van der Waals surface area contributed by atoms with E-state index < -0.39 is 6.29 Å². The van der Waals surface area contributed by atoms with Crippen molar-refractivity contribution in [3.63, 3.8) is 0 Å². The first-order chi connectivity index (χ1) is 13.8. The van der Waals surface area contributed by atoms with Crippen LogP contribution in [-0.2, 0) is 33.2 Å². The molecule has 0 saturated carbocycles. The fourth-order valence-electron chi connectivity index (χ4n) is 2.13. The summed E-state index contributed by atoms with van der Waals surface area (Å²) in [6.07, 6.45) is 3.72. The predicted octanol–water partition coefficient (Wildman–Crippen LogP) is 2.02. The molecule has 0 rings (SSSR count). The topological polar surface area (TPSA) is 84.8 Å². The zero-order chi connectivity index (χ0) is 20.5. The second-order valence-electron chi connectivity index (χ2n) is 6.11. The molecular weight excluding hydrogens is 368 g/mol. The van der Waals surface area contributed by atoms with Gasteiger partial charge in [0, 0.05) is 13.2 Å². The average Bonchev–Trinajstić information content (AvgIpc) is 2.70. The summed E-state index contributed by atoms with van der Waals surface area (Å²) in [6, 6.07) is 0. The van der Waals surface area contributed by atoms with E-state index in [-0.39, 0.29) is 6.61 Å². The Kier molecular flexibility index (Phi) is 24.4. The van der Waals surface area contributed by atoms with E-state index in [1.165, 1.54) is 19.3 Å². The third kappa shape index (κ3) is 23.7. The molecule has 0 bridgehead atoms. The fraction of sp³-hybridized carbons (Fsp3) is 1.00. The van der Waals surface area contributed by atoms with Crippen molar-refractivity contribution in [2.24, 2.45) is 0 Å². The molecule has 0 aromatic rings. The average molecular weight is 411 g/mol. The summed E-state index contributed by atoms with van der Waals surface area (Å²) < 4.78 is 37.2. The molecule has 1 N–H and O–H groups in total. The van der Waals surface area contributed by atoms with E-state index in [2.05, 4.69) is 6.92 Å². The maximum atomic E-state index is 9.61. The third-order valence-corrected chi connectivity index (χ3v) is 3.63. The molecular formula is C20H42O8. The first kappa shape index (κ1) is 27.7. The Morgan fingerprint density at radius 2 is 1.04 bits per heavy atom. The molecule has 0 aliphatic heterocycles. The summed E-state index contributed by atoms with van der Waals surface area (Å²) in [4.78, 5) is 0. The van der Waals surface area contributed by atoms with E-state index >= 15 is 0 Å². The van der Waals surface area contributed by atoms with E-state index in [0.717, 1.165) is 6.42 Å². The molecule has 1 atom stereocenters. The maximum absolute atomic E-state index is 9.61. The van der Waals surface area contributed by atoms with Gasteiger partial charge in [0.1, 0.15) is 0 Å². The third-order valence-electron chi connectivity index (χ3n) is 3.63. The summed E-state index contributed by atoms with van der Waals surface area (Å²) >= 11 is 0. The van der Waals surface area contributed by atoms with Gasteiger partial charge < -0.3 is 38.3 Å². The van der Waals surface area contributed by atoms with Crippen molar-refractivity contribution in [3.8, 4) is 0 Å². The van der Waals surface area contributed by atoms with Gasteiger partial charge in [-0.05, 0) is 13.3 Å². The molecule has 0 aliphatic rings. The van der Waals surface area contributed by atoms with Crippen molar-refractivity contribution in [3.05, 3.63) is 0 Å². The Balaban J connectivity index is 3.09. The monoisotopic (exact) mass is 410 g/mol. The highest BCUT2D eigenvalue weighted by molar-refractivity contribution is 4.43. The molecule has 8 heteroatoms. The summed E-state index contributed by atoms with van der Waals surface area (Å²) in [5, 5.41) is 9.61. The van der Waals surface area contributed by atoms with Crippen LogP contribution in [0.1, 0.15) is 39.5 Å². The van der Waals surface area contributed by atoms with Crippen LogP contribution < -0.4 is 0 Å². The Hall–Kier alpha value is -0.320. The molecule has 1 unspecified atom stereocenters. The number of hydrogen-bond donors (Lipinski definition) is 1. The molecule has 28 heavy (non-hydrogen) atoms. The van der Waals surface area contributed by atoms with Gasteiger partial charge in [0.2, 0.25) is 0 Å². The summed E-state index contributed by atoms with van der Waals surface area (Å²) in [5.41, 5.74) is 0. The molecule has 0 fully saturated rings. The zero-order valence-electron chi connectivity index (χ0n) is 17.9. The van der Waals surface area contributed by atoms with E-state index in [1.807, 2.05) is 6.92 Å². The van der Waals surface area contributed by atoms with E-state index in [4.69, 9.17) is 33.2 Å². The predicted molar refractivity (Wildman–Crippen MR) is 107 cm³/mol. The van der Waals surface area contributed by atoms with Gasteiger partial charge in [0.15, 0.2) is 6.29 Å². The van der Waals surface area contributed by atoms with Gasteiger partial charge in [-0.15, -0.1) is 0 Å². The Morgan fingerprint density at radius 3 is 1.54 bits per heavy atom. The number of rotatable bonds is 24. The van der Waals surface area contributed by atoms with Crippen molar-refractivity contribution in [2.75, 3.05) is 85.9 Å². The van der Waals surface area contributed by atoms with Gasteiger partial charge in [-0.25, -0.2) is 0 Å². The van der Waals surface area contributed by atoms with Crippen LogP contribution in [0.15, 0.2) is 0 Å². The fourth-order valence-corrected chi connectivity index (χ4v) is 2.13. The van der Waals surface area contributed by atoms with Gasteiger partial charge in [0.25, 0.3) is 0 Å². The van der Waals surface area contributed by atoms with Crippen LogP contribution in [0.5, 0.6) is 0 Å². The van der Waals surface area contributed by atoms with Crippen LogP contribution in [0.3, 0.4) is 0 Å². The maximum Gasteiger partial charge on any atom is 0.178 e. The molecule has 0 radical (unpaired) electrons. The molecule has 0 heterocycles. The van der Waals surface area contributed by atoms with Gasteiger partial charge in [-0.3, -0.25) is 0 Å². The van der Waals surface area contributed by atoms with Crippen LogP contribution in [-0.4, -0.2) is 97.3 Å². The zero-order valence-corrected chi connectivity index (χ0v) is 17.9. The van der Waals surface area contributed by atoms with E-state index in [1.54, 1.807) is 0 Å². The highest BCUT2D eigenvalue weighted by atomic mass is 16.6. The number of unbranched alkanes of at least 4 members (excludes halogenated alkanes) is 3. The van der Waals surface area contributed by atoms with Crippen LogP contribution in [0.4, 0.5) is 0 Å². The quantitative estimate of drug-likeness (QED) is 0.191. The van der Waals surface area contributed by atoms with Gasteiger partial charge >= 0.3 is 0 Å². The van der Waals surface area contributed by atoms with Crippen LogP contribution in [0, 0.1) is 0 Å². The van der Waals surface area contributed by atoms with Gasteiger partial charge in [-0.2, -0.15) is 0 Å². The molecule has 0 saturated heterocycles. The summed E-state index contributed by atoms with van der Waals surface area (Å²) in [7, 11) is 0. The first-order valence-electron chi connectivity index (χ1n) is 10.6. The van der Waals surface area contributed by atoms with Crippen LogP contribution >= 0.6 is 0 Å². The number of aliphatic hydroxyl groups excluding tert-OH is 1. The molecule has 0 spiro atoms. The minimum Gasteiger partial charge on any atom is -0.379 e. The molecule has 170 valence electrons. The van der Waals surface area contributed by atoms with Crippen LogP contribution in [0.25, 0.3) is 0 Å². The molecule has 0 aromatic heterocycles. The van der Waals surface area contributed by atoms with Gasteiger partial charge in [0.05, 0.1) is 72.7 Å². The highest BCUT2D eigenvalue weighted by Crippen LogP contribution is 1.99. The number of aliphatic hydroxyl groups is 1. The van der Waals surface area contributed by atoms with Crippen molar-refractivity contribution in [1.82, 2.24) is 0 Å². The van der Waals surface area contributed by atoms with E-state index in [9.17, 15) is 5.11 Å². The minimum absolute atomic E-state index is 0.201. The normalized spacial score (nSPS) is 12.5. The lowest BCUT2D eigenvalue weighted by Crippen LogP contribution is -2.22. The lowest BCUT2D eigenvalue weighted by Gasteiger charge is -2.12. The lowest BCUT2D eigenvalue weighted by molar-refractivity contribution is -0.147. The number of hydrogen-bond acceptors (Lipinski definition) is 8. The second-order valence-corrected chi connectivity index (χ2v) is 6.11. The SMILES string of the molecule is CCCCCCOCC(O)OCCOCCOCCOCCOCCOCC. The number of ether oxygens (including phenoxy) is 7. The van der Waals surface area contributed by atoms with Gasteiger partial charge in [-0.1, -0.05) is 26.2 Å². The first-order valence-corrected chi connectivity index (χ1v) is 10.6. The molecule has 0 aromatic carbocycles. The molecule has 0 aliphatic carbocycles. The van der Waals surface area contributed by atoms with Crippen molar-refractivity contribution < 1.29 is 38.3 Å². The smallest absolute Gasteiger partial charge is 0.178 e. The van der Waals surface area contributed by atoms with E-state index in [0.29, 0.717) is 79.3 Å². The molecule has 0 amide bonds. The van der Waals surface area contributed by atoms with Crippen molar-refractivity contribution in [2.45, 2.75) is 45.8 Å². The standard InChI is InChI=1S/C20H42O8/c1-3-5-6-7-8-27-19-20(21)28-18-17-26-16-15-25-14-13-24-12-11-23-10-9-22-4-2/h20-21H,3-19H2,1-2H3. The molecule has 8 nitrogen and oxygen atoms in total. The second kappa shape index (κ2) is 24.7. The Bertz CT molecular complexity index is 281. The summed E-state index contributed by atoms with van der Waals surface area (Å²) in [6.45, 7) is 10.8. The summed E-state index contributed by atoms with van der Waals surface area (Å²) in [5.74, 6) is 0. The Labute approximate surface area is 170 Å². The lowest BCUT2D eigenvalue weighted by atomic mass is 10.2. The van der Waals surface area contributed by atoms with Crippen LogP contribution in [0.2, 0.25) is 0 Å². The highest BCUT2D eigenvalue weighted by Gasteiger charge is 2.03. The van der Waals surface area contributed by atoms with Crippen molar-refractivity contribution in [1.29, 1.82) is 0 Å².